The van der Waals surface area contributed by atoms with E-state index in [1.807, 2.05) is 0 Å². The number of benzene rings is 1. The number of nitrogens with zero attached hydrogens (tertiary/aromatic N) is 1. The summed E-state index contributed by atoms with van der Waals surface area (Å²) in [5.41, 5.74) is 6.37. The van der Waals surface area contributed by atoms with Crippen LogP contribution in [-0.2, 0) is 4.79 Å². The molecule has 4 nitrogen and oxygen atoms in total. The van der Waals surface area contributed by atoms with Crippen LogP contribution < -0.4 is 11.1 Å². The summed E-state index contributed by atoms with van der Waals surface area (Å²) in [4.78, 5) is 12.9. The van der Waals surface area contributed by atoms with Gasteiger partial charge in [0.25, 0.3) is 0 Å². The number of nitrogens with one attached hydrogen (secondary N) is 1. The van der Waals surface area contributed by atoms with Crippen molar-refractivity contribution in [3.05, 3.63) is 23.2 Å². The molecule has 0 aromatic heterocycles. The third kappa shape index (κ3) is 6.68. The first-order chi connectivity index (χ1) is 9.71. The Bertz CT molecular complexity index is 494. The van der Waals surface area contributed by atoms with Crippen LogP contribution in [0.15, 0.2) is 18.2 Å². The smallest absolute Gasteiger partial charge is 0.397 e. The van der Waals surface area contributed by atoms with Crippen LogP contribution >= 0.6 is 11.6 Å². The molecule has 0 fully saturated rings. The van der Waals surface area contributed by atoms with Crippen molar-refractivity contribution in [1.29, 1.82) is 0 Å². The van der Waals surface area contributed by atoms with Gasteiger partial charge in [0.2, 0.25) is 5.91 Å². The summed E-state index contributed by atoms with van der Waals surface area (Å²) in [6, 6.07) is 4.60. The van der Waals surface area contributed by atoms with Gasteiger partial charge in [-0.2, -0.15) is 13.2 Å². The topological polar surface area (TPSA) is 58.4 Å². The second-order valence-electron chi connectivity index (χ2n) is 4.52. The second kappa shape index (κ2) is 7.51. The van der Waals surface area contributed by atoms with E-state index in [9.17, 15) is 18.0 Å². The molecular formula is C13H17ClF3N3O. The first kappa shape index (κ1) is 17.6. The van der Waals surface area contributed by atoms with E-state index in [2.05, 4.69) is 5.32 Å². The zero-order chi connectivity index (χ0) is 16.0. The van der Waals surface area contributed by atoms with E-state index in [0.29, 0.717) is 16.4 Å². The van der Waals surface area contributed by atoms with Crippen LogP contribution in [0.3, 0.4) is 0 Å². The first-order valence-corrected chi connectivity index (χ1v) is 6.73. The van der Waals surface area contributed by atoms with Crippen LogP contribution in [0, 0.1) is 0 Å². The highest BCUT2D eigenvalue weighted by Crippen LogP contribution is 2.22. The van der Waals surface area contributed by atoms with Crippen molar-refractivity contribution < 1.29 is 18.0 Å². The van der Waals surface area contributed by atoms with Crippen molar-refractivity contribution in [2.75, 3.05) is 30.7 Å². The number of anilines is 2. The number of rotatable bonds is 6. The predicted octanol–water partition coefficient (Wildman–Crippen LogP) is 3.14. The van der Waals surface area contributed by atoms with E-state index in [-0.39, 0.29) is 25.4 Å². The SMILES string of the molecule is CCN(CCC(=O)Nc1ccc(Cl)c(N)c1)CC(F)(F)F. The highest BCUT2D eigenvalue weighted by molar-refractivity contribution is 6.33. The summed E-state index contributed by atoms with van der Waals surface area (Å²) in [5.74, 6) is -0.377. The number of nitrogens with two attached hydrogens (primary N) is 1. The van der Waals surface area contributed by atoms with Gasteiger partial charge in [-0.3, -0.25) is 9.69 Å². The monoisotopic (exact) mass is 323 g/mol. The summed E-state index contributed by atoms with van der Waals surface area (Å²) in [5, 5.41) is 2.94. The van der Waals surface area contributed by atoms with E-state index in [0.717, 1.165) is 4.90 Å². The fraction of sp³-hybridized carbons (Fsp3) is 0.462. The minimum Gasteiger partial charge on any atom is -0.397 e. The van der Waals surface area contributed by atoms with Gasteiger partial charge < -0.3 is 11.1 Å². The van der Waals surface area contributed by atoms with Crippen molar-refractivity contribution in [1.82, 2.24) is 4.90 Å². The number of carbonyl (C=O) groups is 1. The third-order valence-electron chi connectivity index (χ3n) is 2.78. The summed E-state index contributed by atoms with van der Waals surface area (Å²) < 4.78 is 36.8. The maximum absolute atomic E-state index is 12.3. The third-order valence-corrected chi connectivity index (χ3v) is 3.13. The number of nitrogen functional groups attached to an aromatic ring is 1. The lowest BCUT2D eigenvalue weighted by Crippen LogP contribution is -2.36. The largest absolute Gasteiger partial charge is 0.401 e. The van der Waals surface area contributed by atoms with Gasteiger partial charge in [0.1, 0.15) is 0 Å². The number of carbonyl (C=O) groups excluding carboxylic acids is 1. The molecule has 0 spiro atoms. The molecule has 0 heterocycles. The Morgan fingerprint density at radius 1 is 1.43 bits per heavy atom. The molecule has 1 aromatic carbocycles. The molecule has 0 bridgehead atoms. The number of alkyl halides is 3. The molecule has 21 heavy (non-hydrogen) atoms. The van der Waals surface area contributed by atoms with Gasteiger partial charge in [-0.15, -0.1) is 0 Å². The summed E-state index contributed by atoms with van der Waals surface area (Å²) >= 11 is 5.75. The molecular weight excluding hydrogens is 307 g/mol. The van der Waals surface area contributed by atoms with Gasteiger partial charge in [-0.1, -0.05) is 18.5 Å². The van der Waals surface area contributed by atoms with E-state index >= 15 is 0 Å². The number of amides is 1. The first-order valence-electron chi connectivity index (χ1n) is 6.35. The highest BCUT2D eigenvalue weighted by Gasteiger charge is 2.30. The molecule has 1 rings (SSSR count). The minimum absolute atomic E-state index is 0.0327. The average molecular weight is 324 g/mol. The zero-order valence-electron chi connectivity index (χ0n) is 11.5. The molecule has 0 saturated carbocycles. The zero-order valence-corrected chi connectivity index (χ0v) is 12.3. The van der Waals surface area contributed by atoms with E-state index in [1.165, 1.54) is 12.1 Å². The van der Waals surface area contributed by atoms with Crippen LogP contribution in [-0.4, -0.2) is 36.6 Å². The van der Waals surface area contributed by atoms with Crippen LogP contribution in [0.2, 0.25) is 5.02 Å². The van der Waals surface area contributed by atoms with Crippen molar-refractivity contribution in [2.24, 2.45) is 0 Å². The Kier molecular flexibility index (Phi) is 6.29. The molecule has 8 heteroatoms. The highest BCUT2D eigenvalue weighted by atomic mass is 35.5. The Labute approximate surface area is 126 Å². The average Bonchev–Trinajstić information content (AvgIpc) is 2.37. The molecule has 3 N–H and O–H groups in total. The molecule has 0 atom stereocenters. The predicted molar refractivity (Wildman–Crippen MR) is 77.3 cm³/mol. The quantitative estimate of drug-likeness (QED) is 0.791. The standard InChI is InChI=1S/C13H17ClF3N3O/c1-2-20(8-13(15,16)17)6-5-12(21)19-9-3-4-10(14)11(18)7-9/h3-4,7H,2,5-6,8,18H2,1H3,(H,19,21). The van der Waals surface area contributed by atoms with Crippen molar-refractivity contribution in [3.63, 3.8) is 0 Å². The Morgan fingerprint density at radius 3 is 2.62 bits per heavy atom. The lowest BCUT2D eigenvalue weighted by atomic mass is 10.2. The molecule has 0 unspecified atom stereocenters. The van der Waals surface area contributed by atoms with E-state index in [4.69, 9.17) is 17.3 Å². The molecule has 0 aliphatic carbocycles. The lowest BCUT2D eigenvalue weighted by Gasteiger charge is -2.21. The molecule has 0 aliphatic rings. The minimum atomic E-state index is -4.27. The molecule has 118 valence electrons. The van der Waals surface area contributed by atoms with Crippen LogP contribution in [0.5, 0.6) is 0 Å². The molecule has 1 aromatic rings. The normalized spacial score (nSPS) is 11.7. The Hall–Kier alpha value is -1.47. The number of hydrogen-bond acceptors (Lipinski definition) is 3. The molecule has 0 saturated heterocycles. The maximum Gasteiger partial charge on any atom is 0.401 e. The number of halogens is 4. The van der Waals surface area contributed by atoms with Crippen LogP contribution in [0.4, 0.5) is 24.5 Å². The molecule has 1 amide bonds. The van der Waals surface area contributed by atoms with Gasteiger partial charge in [0, 0.05) is 18.7 Å². The summed E-state index contributed by atoms with van der Waals surface area (Å²) in [6.07, 6.45) is -4.30. The lowest BCUT2D eigenvalue weighted by molar-refractivity contribution is -0.146. The van der Waals surface area contributed by atoms with Crippen molar-refractivity contribution in [2.45, 2.75) is 19.5 Å². The second-order valence-corrected chi connectivity index (χ2v) is 4.93. The maximum atomic E-state index is 12.3. The van der Waals surface area contributed by atoms with Gasteiger partial charge in [-0.05, 0) is 24.7 Å². The van der Waals surface area contributed by atoms with Crippen molar-refractivity contribution >= 4 is 28.9 Å². The van der Waals surface area contributed by atoms with Gasteiger partial charge in [-0.25, -0.2) is 0 Å². The van der Waals surface area contributed by atoms with Gasteiger partial charge >= 0.3 is 6.18 Å². The summed E-state index contributed by atoms with van der Waals surface area (Å²) in [6.45, 7) is 0.847. The fourth-order valence-electron chi connectivity index (χ4n) is 1.71. The van der Waals surface area contributed by atoms with Crippen LogP contribution in [0.25, 0.3) is 0 Å². The molecule has 0 radical (unpaired) electrons. The van der Waals surface area contributed by atoms with Gasteiger partial charge in [0.05, 0.1) is 17.3 Å². The van der Waals surface area contributed by atoms with E-state index < -0.39 is 12.7 Å². The Morgan fingerprint density at radius 2 is 2.10 bits per heavy atom. The Balaban J connectivity index is 2.47. The fourth-order valence-corrected chi connectivity index (χ4v) is 1.82. The van der Waals surface area contributed by atoms with Crippen molar-refractivity contribution in [3.8, 4) is 0 Å². The van der Waals surface area contributed by atoms with Crippen LogP contribution in [0.1, 0.15) is 13.3 Å². The molecule has 0 aliphatic heterocycles. The van der Waals surface area contributed by atoms with E-state index in [1.54, 1.807) is 13.0 Å². The summed E-state index contributed by atoms with van der Waals surface area (Å²) in [7, 11) is 0. The van der Waals surface area contributed by atoms with Gasteiger partial charge in [0.15, 0.2) is 0 Å². The number of hydrogen-bond donors (Lipinski definition) is 2.